The average molecular weight is 198 g/mol. The van der Waals surface area contributed by atoms with Gasteiger partial charge in [-0.2, -0.15) is 0 Å². The van der Waals surface area contributed by atoms with Gasteiger partial charge in [-0.25, -0.2) is 15.1 Å². The van der Waals surface area contributed by atoms with Crippen LogP contribution in [-0.2, 0) is 0 Å². The lowest BCUT2D eigenvalue weighted by molar-refractivity contribution is 0.0697. The summed E-state index contributed by atoms with van der Waals surface area (Å²) in [5.41, 5.74) is 1.58. The molecule has 1 aliphatic rings. The summed E-state index contributed by atoms with van der Waals surface area (Å²) in [6.07, 6.45) is 1.41. The van der Waals surface area contributed by atoms with Crippen LogP contribution in [0.4, 0.5) is 11.4 Å². The lowest BCUT2D eigenvalue weighted by Gasteiger charge is -1.97. The molecule has 67 valence electrons. The molecule has 0 saturated heterocycles. The zero-order valence-corrected chi connectivity index (χ0v) is 7.28. The van der Waals surface area contributed by atoms with Gasteiger partial charge in [0.05, 0.1) is 16.9 Å². The van der Waals surface area contributed by atoms with Crippen molar-refractivity contribution in [3.05, 3.63) is 23.8 Å². The molecule has 0 amide bonds. The van der Waals surface area contributed by atoms with Gasteiger partial charge in [0.25, 0.3) is 0 Å². The molecular formula is C8H6ClN2O2. The Balaban J connectivity index is 0.000000845. The van der Waals surface area contributed by atoms with Gasteiger partial charge >= 0.3 is 5.97 Å². The van der Waals surface area contributed by atoms with E-state index in [1.54, 1.807) is 6.07 Å². The van der Waals surface area contributed by atoms with E-state index in [-0.39, 0.29) is 18.0 Å². The number of nitrogens with zero attached hydrogens (tertiary/aromatic N) is 2. The van der Waals surface area contributed by atoms with Crippen molar-refractivity contribution in [3.8, 4) is 0 Å². The molecule has 0 saturated carbocycles. The van der Waals surface area contributed by atoms with E-state index in [1.165, 1.54) is 18.5 Å². The second-order valence-corrected chi connectivity index (χ2v) is 2.38. The van der Waals surface area contributed by atoms with Crippen molar-refractivity contribution in [3.63, 3.8) is 0 Å². The van der Waals surface area contributed by atoms with Gasteiger partial charge in [0.1, 0.15) is 6.34 Å². The van der Waals surface area contributed by atoms with Gasteiger partial charge in [0, 0.05) is 0 Å². The molecule has 2 rings (SSSR count). The highest BCUT2D eigenvalue weighted by Crippen LogP contribution is 2.28. The third kappa shape index (κ3) is 1.62. The molecule has 1 radical (unpaired) electrons. The number of hydrogen-bond donors (Lipinski definition) is 1. The minimum absolute atomic E-state index is 0. The fourth-order valence-electron chi connectivity index (χ4n) is 1.02. The maximum absolute atomic E-state index is 10.5. The van der Waals surface area contributed by atoms with Gasteiger partial charge in [0.2, 0.25) is 0 Å². The molecule has 1 N–H and O–H groups in total. The summed E-state index contributed by atoms with van der Waals surface area (Å²) < 4.78 is 0. The first-order chi connectivity index (χ1) is 5.77. The molecule has 1 aromatic rings. The van der Waals surface area contributed by atoms with Gasteiger partial charge in [0.15, 0.2) is 0 Å². The number of hydrogen-bond acceptors (Lipinski definition) is 2. The highest BCUT2D eigenvalue weighted by atomic mass is 35.5. The Morgan fingerprint density at radius 3 is 2.77 bits per heavy atom. The topological polar surface area (TPSA) is 63.8 Å². The Kier molecular flexibility index (Phi) is 2.53. The highest BCUT2D eigenvalue weighted by Gasteiger charge is 2.10. The molecule has 5 heteroatoms. The van der Waals surface area contributed by atoms with Crippen molar-refractivity contribution in [2.75, 3.05) is 0 Å². The van der Waals surface area contributed by atoms with Crippen LogP contribution in [0.3, 0.4) is 0 Å². The minimum atomic E-state index is -0.945. The maximum atomic E-state index is 10.5. The number of aromatic carboxylic acids is 1. The van der Waals surface area contributed by atoms with Crippen LogP contribution in [0.1, 0.15) is 10.4 Å². The highest BCUT2D eigenvalue weighted by molar-refractivity contribution is 5.92. The van der Waals surface area contributed by atoms with E-state index in [4.69, 9.17) is 5.11 Å². The molecule has 4 nitrogen and oxygen atoms in total. The number of carbonyl (C=O) groups is 1. The van der Waals surface area contributed by atoms with Crippen molar-refractivity contribution in [2.45, 2.75) is 0 Å². The lowest BCUT2D eigenvalue weighted by atomic mass is 10.2. The van der Waals surface area contributed by atoms with Crippen LogP contribution in [0.2, 0.25) is 0 Å². The Labute approximate surface area is 80.7 Å². The predicted octanol–water partition coefficient (Wildman–Crippen LogP) is 1.72. The van der Waals surface area contributed by atoms with Crippen LogP contribution in [0, 0.1) is 0 Å². The molecule has 0 unspecified atom stereocenters. The quantitative estimate of drug-likeness (QED) is 0.745. The molecule has 1 aliphatic heterocycles. The SMILES string of the molecule is Cl.O=C(O)c1ccc2c(c1)[N]C=N2. The van der Waals surface area contributed by atoms with Gasteiger partial charge in [-0.05, 0) is 18.2 Å². The van der Waals surface area contributed by atoms with Gasteiger partial charge in [-0.15, -0.1) is 12.4 Å². The number of aliphatic imine (C=N–C) groups is 1. The summed E-state index contributed by atoms with van der Waals surface area (Å²) in [4.78, 5) is 14.4. The second-order valence-electron chi connectivity index (χ2n) is 2.38. The van der Waals surface area contributed by atoms with Crippen molar-refractivity contribution >= 4 is 36.1 Å². The van der Waals surface area contributed by atoms with Crippen LogP contribution in [0.5, 0.6) is 0 Å². The van der Waals surface area contributed by atoms with Gasteiger partial charge in [-0.3, -0.25) is 0 Å². The van der Waals surface area contributed by atoms with E-state index in [9.17, 15) is 4.79 Å². The van der Waals surface area contributed by atoms with Crippen LogP contribution in [-0.4, -0.2) is 17.4 Å². The number of benzene rings is 1. The van der Waals surface area contributed by atoms with Crippen molar-refractivity contribution in [1.82, 2.24) is 5.32 Å². The molecule has 0 bridgehead atoms. The van der Waals surface area contributed by atoms with Crippen molar-refractivity contribution < 1.29 is 9.90 Å². The van der Waals surface area contributed by atoms with Crippen LogP contribution in [0.15, 0.2) is 23.2 Å². The third-order valence-corrected chi connectivity index (χ3v) is 1.62. The number of fused-ring (bicyclic) bond motifs is 1. The molecule has 1 heterocycles. The first-order valence-corrected chi connectivity index (χ1v) is 3.38. The fourth-order valence-corrected chi connectivity index (χ4v) is 1.02. The lowest BCUT2D eigenvalue weighted by Crippen LogP contribution is -1.96. The predicted molar refractivity (Wildman–Crippen MR) is 50.6 cm³/mol. The largest absolute Gasteiger partial charge is 0.478 e. The summed E-state index contributed by atoms with van der Waals surface area (Å²) in [5, 5.41) is 12.5. The van der Waals surface area contributed by atoms with E-state index in [0.29, 0.717) is 5.69 Å². The van der Waals surface area contributed by atoms with Crippen molar-refractivity contribution in [1.29, 1.82) is 0 Å². The summed E-state index contributed by atoms with van der Waals surface area (Å²) in [6.45, 7) is 0. The first-order valence-electron chi connectivity index (χ1n) is 3.38. The average Bonchev–Trinajstić information content (AvgIpc) is 2.49. The Morgan fingerprint density at radius 2 is 2.08 bits per heavy atom. The van der Waals surface area contributed by atoms with Crippen LogP contribution in [0.25, 0.3) is 0 Å². The Bertz CT molecular complexity index is 376. The van der Waals surface area contributed by atoms with Crippen LogP contribution >= 0.6 is 12.4 Å². The molecule has 13 heavy (non-hydrogen) atoms. The van der Waals surface area contributed by atoms with E-state index in [1.807, 2.05) is 0 Å². The first kappa shape index (κ1) is 9.54. The molecular weight excluding hydrogens is 192 g/mol. The summed E-state index contributed by atoms with van der Waals surface area (Å²) >= 11 is 0. The zero-order valence-electron chi connectivity index (χ0n) is 6.47. The van der Waals surface area contributed by atoms with Gasteiger partial charge in [-0.1, -0.05) is 0 Å². The second kappa shape index (κ2) is 3.45. The monoisotopic (exact) mass is 197 g/mol. The zero-order chi connectivity index (χ0) is 8.55. The number of carboxylic acid groups (broad SMARTS) is 1. The fraction of sp³-hybridized carbons (Fsp3) is 0. The molecule has 0 aliphatic carbocycles. The molecule has 0 atom stereocenters. The summed E-state index contributed by atoms with van der Waals surface area (Å²) in [7, 11) is 0. The van der Waals surface area contributed by atoms with E-state index in [2.05, 4.69) is 10.3 Å². The molecule has 1 aromatic carbocycles. The van der Waals surface area contributed by atoms with Crippen LogP contribution < -0.4 is 5.32 Å². The normalized spacial score (nSPS) is 11.4. The Morgan fingerprint density at radius 1 is 1.31 bits per heavy atom. The minimum Gasteiger partial charge on any atom is -0.478 e. The number of halogens is 1. The van der Waals surface area contributed by atoms with Crippen molar-refractivity contribution in [2.24, 2.45) is 4.99 Å². The third-order valence-electron chi connectivity index (χ3n) is 1.62. The number of rotatable bonds is 1. The van der Waals surface area contributed by atoms with E-state index < -0.39 is 5.97 Å². The smallest absolute Gasteiger partial charge is 0.335 e. The summed E-state index contributed by atoms with van der Waals surface area (Å²) in [6, 6.07) is 4.66. The standard InChI is InChI=1S/C8H5N2O2.ClH/c11-8(12)5-1-2-6-7(3-5)10-4-9-6;/h1-4H,(H,11,12);1H. The molecule has 0 aromatic heterocycles. The summed E-state index contributed by atoms with van der Waals surface area (Å²) in [5.74, 6) is -0.945. The van der Waals surface area contributed by atoms with Gasteiger partial charge < -0.3 is 5.11 Å². The van der Waals surface area contributed by atoms with E-state index >= 15 is 0 Å². The maximum Gasteiger partial charge on any atom is 0.335 e. The number of carboxylic acids is 1. The van der Waals surface area contributed by atoms with E-state index in [0.717, 1.165) is 5.69 Å². The molecule has 0 fully saturated rings. The Hall–Kier alpha value is -1.55. The molecule has 0 spiro atoms.